The molecule has 0 aromatic rings. The van der Waals surface area contributed by atoms with Gasteiger partial charge in [-0.25, -0.2) is 4.79 Å². The number of ether oxygens (including phenoxy) is 2. The molecule has 0 fully saturated rings. The highest BCUT2D eigenvalue weighted by Gasteiger charge is 2.07. The first-order valence-electron chi connectivity index (χ1n) is 3.13. The van der Waals surface area contributed by atoms with Gasteiger partial charge in [0.25, 0.3) is 5.17 Å². The van der Waals surface area contributed by atoms with Gasteiger partial charge >= 0.3 is 6.16 Å². The zero-order valence-corrected chi connectivity index (χ0v) is 7.60. The Balaban J connectivity index is 3.67. The van der Waals surface area contributed by atoms with E-state index in [9.17, 15) is 4.79 Å². The monoisotopic (exact) mass is 177 g/mol. The number of rotatable bonds is 1. The number of carbonyl (C=O) groups is 1. The van der Waals surface area contributed by atoms with Gasteiger partial charge in [-0.3, -0.25) is 0 Å². The predicted octanol–water partition coefficient (Wildman–Crippen LogP) is 1.01. The first kappa shape index (κ1) is 10.2. The first-order valence-corrected chi connectivity index (χ1v) is 3.54. The summed E-state index contributed by atoms with van der Waals surface area (Å²) in [6.45, 7) is 1.98. The minimum Gasteiger partial charge on any atom is -0.434 e. The van der Waals surface area contributed by atoms with Crippen LogP contribution >= 0.6 is 12.2 Å². The third-order valence-corrected chi connectivity index (χ3v) is 1.25. The van der Waals surface area contributed by atoms with Crippen LogP contribution in [0.5, 0.6) is 0 Å². The van der Waals surface area contributed by atoms with Crippen molar-refractivity contribution in [1.29, 1.82) is 0 Å². The quantitative estimate of drug-likeness (QED) is 0.441. The topological polar surface area (TPSA) is 38.8 Å². The smallest absolute Gasteiger partial charge is 0.434 e. The van der Waals surface area contributed by atoms with Gasteiger partial charge in [-0.1, -0.05) is 0 Å². The van der Waals surface area contributed by atoms with Crippen LogP contribution in [0.15, 0.2) is 0 Å². The van der Waals surface area contributed by atoms with Crippen molar-refractivity contribution >= 4 is 23.5 Å². The second-order valence-electron chi connectivity index (χ2n) is 1.95. The van der Waals surface area contributed by atoms with Crippen molar-refractivity contribution in [2.75, 3.05) is 20.7 Å². The van der Waals surface area contributed by atoms with Crippen LogP contribution < -0.4 is 0 Å². The van der Waals surface area contributed by atoms with Crippen molar-refractivity contribution in [3.63, 3.8) is 0 Å². The van der Waals surface area contributed by atoms with E-state index in [1.807, 2.05) is 0 Å². The molecule has 0 N–H and O–H groups in total. The first-order chi connectivity index (χ1) is 5.07. The molecule has 0 bridgehead atoms. The number of carbonyl (C=O) groups excluding carboxylic acids is 1. The highest BCUT2D eigenvalue weighted by Crippen LogP contribution is 1.90. The molecule has 0 aliphatic heterocycles. The summed E-state index contributed by atoms with van der Waals surface area (Å²) < 4.78 is 9.04. The summed E-state index contributed by atoms with van der Waals surface area (Å²) in [4.78, 5) is 12.1. The summed E-state index contributed by atoms with van der Waals surface area (Å²) in [6, 6.07) is 0. The van der Waals surface area contributed by atoms with Crippen molar-refractivity contribution in [1.82, 2.24) is 4.90 Å². The predicted molar refractivity (Wildman–Crippen MR) is 44.4 cm³/mol. The molecule has 11 heavy (non-hydrogen) atoms. The van der Waals surface area contributed by atoms with Gasteiger partial charge in [0.2, 0.25) is 0 Å². The van der Waals surface area contributed by atoms with E-state index in [1.165, 1.54) is 4.90 Å². The van der Waals surface area contributed by atoms with Crippen LogP contribution in [-0.2, 0) is 9.47 Å². The SMILES string of the molecule is CCOC(=O)OC(=S)N(C)C. The largest absolute Gasteiger partial charge is 0.515 e. The number of hydrogen-bond donors (Lipinski definition) is 0. The summed E-state index contributed by atoms with van der Waals surface area (Å²) in [7, 11) is 3.36. The summed E-state index contributed by atoms with van der Waals surface area (Å²) in [5.74, 6) is 0. The van der Waals surface area contributed by atoms with Gasteiger partial charge in [0.15, 0.2) is 0 Å². The molecule has 5 heteroatoms. The standard InChI is InChI=1S/C6H11NO3S/c1-4-9-6(8)10-5(11)7(2)3/h4H2,1-3H3. The highest BCUT2D eigenvalue weighted by atomic mass is 32.1. The normalized spacial score (nSPS) is 8.64. The van der Waals surface area contributed by atoms with Crippen molar-refractivity contribution in [2.24, 2.45) is 0 Å². The van der Waals surface area contributed by atoms with Crippen molar-refractivity contribution < 1.29 is 14.3 Å². The number of hydrogen-bond acceptors (Lipinski definition) is 4. The van der Waals surface area contributed by atoms with Crippen LogP contribution in [0.4, 0.5) is 4.79 Å². The lowest BCUT2D eigenvalue weighted by Gasteiger charge is -2.11. The summed E-state index contributed by atoms with van der Waals surface area (Å²) in [5, 5.41) is 0.100. The van der Waals surface area contributed by atoms with E-state index >= 15 is 0 Å². The average molecular weight is 177 g/mol. The fourth-order valence-corrected chi connectivity index (χ4v) is 0.378. The Bertz CT molecular complexity index is 158. The molecule has 0 aliphatic carbocycles. The lowest BCUT2D eigenvalue weighted by molar-refractivity contribution is 0.0966. The summed E-state index contributed by atoms with van der Waals surface area (Å²) >= 11 is 4.67. The average Bonchev–Trinajstić information content (AvgIpc) is 1.87. The lowest BCUT2D eigenvalue weighted by atomic mass is 10.9. The van der Waals surface area contributed by atoms with Gasteiger partial charge in [-0.15, -0.1) is 0 Å². The van der Waals surface area contributed by atoms with Gasteiger partial charge in [-0.2, -0.15) is 0 Å². The van der Waals surface area contributed by atoms with E-state index in [2.05, 4.69) is 21.7 Å². The molecule has 0 saturated carbocycles. The Morgan fingerprint density at radius 3 is 2.45 bits per heavy atom. The van der Waals surface area contributed by atoms with E-state index in [4.69, 9.17) is 0 Å². The Kier molecular flexibility index (Phi) is 4.52. The molecule has 64 valence electrons. The minimum absolute atomic E-state index is 0.100. The molecular formula is C6H11NO3S. The molecule has 0 unspecified atom stereocenters. The van der Waals surface area contributed by atoms with E-state index in [0.717, 1.165) is 0 Å². The van der Waals surface area contributed by atoms with Gasteiger partial charge in [0, 0.05) is 14.1 Å². The molecule has 0 rings (SSSR count). The van der Waals surface area contributed by atoms with Gasteiger partial charge in [0.1, 0.15) is 0 Å². The molecule has 0 saturated heterocycles. The van der Waals surface area contributed by atoms with Gasteiger partial charge in [-0.05, 0) is 19.1 Å². The molecule has 0 atom stereocenters. The molecule has 0 aromatic heterocycles. The summed E-state index contributed by atoms with van der Waals surface area (Å²) in [5.41, 5.74) is 0. The van der Waals surface area contributed by atoms with E-state index < -0.39 is 6.16 Å². The molecule has 0 spiro atoms. The second kappa shape index (κ2) is 4.90. The van der Waals surface area contributed by atoms with Crippen molar-refractivity contribution in [2.45, 2.75) is 6.92 Å². The van der Waals surface area contributed by atoms with E-state index in [0.29, 0.717) is 0 Å². The van der Waals surface area contributed by atoms with Gasteiger partial charge < -0.3 is 14.4 Å². The van der Waals surface area contributed by atoms with Crippen LogP contribution in [0.25, 0.3) is 0 Å². The molecule has 0 heterocycles. The van der Waals surface area contributed by atoms with Crippen LogP contribution in [0.1, 0.15) is 6.92 Å². The maximum absolute atomic E-state index is 10.6. The third-order valence-electron chi connectivity index (χ3n) is 0.798. The van der Waals surface area contributed by atoms with Crippen molar-refractivity contribution in [3.05, 3.63) is 0 Å². The molecule has 0 aliphatic rings. The Labute approximate surface area is 71.1 Å². The fourth-order valence-electron chi connectivity index (χ4n) is 0.310. The molecule has 4 nitrogen and oxygen atoms in total. The maximum Gasteiger partial charge on any atom is 0.515 e. The van der Waals surface area contributed by atoms with Crippen LogP contribution in [0.2, 0.25) is 0 Å². The zero-order chi connectivity index (χ0) is 8.85. The minimum atomic E-state index is -0.758. The maximum atomic E-state index is 10.6. The van der Waals surface area contributed by atoms with E-state index in [-0.39, 0.29) is 11.8 Å². The molecule has 0 aromatic carbocycles. The fraction of sp³-hybridized carbons (Fsp3) is 0.667. The molecular weight excluding hydrogens is 166 g/mol. The third kappa shape index (κ3) is 4.55. The molecule has 0 radical (unpaired) electrons. The number of nitrogens with zero attached hydrogens (tertiary/aromatic N) is 1. The van der Waals surface area contributed by atoms with Crippen LogP contribution in [0, 0.1) is 0 Å². The Hall–Kier alpha value is -0.840. The number of thiocarbonyl (C=S) groups is 1. The lowest BCUT2D eigenvalue weighted by Crippen LogP contribution is -2.25. The Morgan fingerprint density at radius 1 is 1.55 bits per heavy atom. The zero-order valence-electron chi connectivity index (χ0n) is 6.79. The van der Waals surface area contributed by atoms with Crippen LogP contribution in [-0.4, -0.2) is 36.9 Å². The highest BCUT2D eigenvalue weighted by molar-refractivity contribution is 7.80. The van der Waals surface area contributed by atoms with E-state index in [1.54, 1.807) is 21.0 Å². The van der Waals surface area contributed by atoms with Crippen molar-refractivity contribution in [3.8, 4) is 0 Å². The summed E-state index contributed by atoms with van der Waals surface area (Å²) in [6.07, 6.45) is -0.758. The van der Waals surface area contributed by atoms with Crippen LogP contribution in [0.3, 0.4) is 0 Å². The second-order valence-corrected chi connectivity index (χ2v) is 2.29. The molecule has 0 amide bonds. The Morgan fingerprint density at radius 2 is 2.09 bits per heavy atom. The van der Waals surface area contributed by atoms with Gasteiger partial charge in [0.05, 0.1) is 6.61 Å².